The Kier molecular flexibility index (Phi) is 3.72. The predicted molar refractivity (Wildman–Crippen MR) is 64.1 cm³/mol. The van der Waals surface area contributed by atoms with Gasteiger partial charge in [0.25, 0.3) is 0 Å². The second-order valence-electron chi connectivity index (χ2n) is 4.18. The number of amides is 2. The van der Waals surface area contributed by atoms with E-state index >= 15 is 0 Å². The SMILES string of the molecule is Cc1ccc(N(CC(C)C)C(N)=O)cc1.[H+]. The Morgan fingerprint density at radius 1 is 1.40 bits per heavy atom. The van der Waals surface area contributed by atoms with E-state index in [2.05, 4.69) is 13.8 Å². The lowest BCUT2D eigenvalue weighted by Crippen LogP contribution is -2.38. The number of hydrogen-bond donors (Lipinski definition) is 1. The van der Waals surface area contributed by atoms with Gasteiger partial charge in [-0.15, -0.1) is 0 Å². The van der Waals surface area contributed by atoms with Crippen LogP contribution in [0.4, 0.5) is 10.5 Å². The molecule has 0 saturated heterocycles. The minimum Gasteiger partial charge on any atom is -0.351 e. The highest BCUT2D eigenvalue weighted by atomic mass is 16.2. The number of anilines is 1. The summed E-state index contributed by atoms with van der Waals surface area (Å²) >= 11 is 0. The van der Waals surface area contributed by atoms with E-state index in [1.807, 2.05) is 31.2 Å². The zero-order valence-electron chi connectivity index (χ0n) is 10.5. The van der Waals surface area contributed by atoms with Gasteiger partial charge in [0.2, 0.25) is 0 Å². The van der Waals surface area contributed by atoms with Crippen molar-refractivity contribution in [2.75, 3.05) is 11.4 Å². The van der Waals surface area contributed by atoms with Gasteiger partial charge in [0.1, 0.15) is 0 Å². The number of primary amides is 1. The zero-order chi connectivity index (χ0) is 11.4. The van der Waals surface area contributed by atoms with Crippen LogP contribution in [0, 0.1) is 12.8 Å². The lowest BCUT2D eigenvalue weighted by atomic mass is 10.1. The van der Waals surface area contributed by atoms with Crippen LogP contribution in [0.3, 0.4) is 0 Å². The second kappa shape index (κ2) is 4.82. The highest BCUT2D eigenvalue weighted by Crippen LogP contribution is 2.16. The molecule has 0 saturated carbocycles. The van der Waals surface area contributed by atoms with Crippen molar-refractivity contribution in [2.45, 2.75) is 20.8 Å². The molecule has 1 aromatic carbocycles. The number of carbonyl (C=O) groups excluding carboxylic acids is 1. The van der Waals surface area contributed by atoms with Crippen LogP contribution in [0.2, 0.25) is 0 Å². The van der Waals surface area contributed by atoms with Crippen LogP contribution in [-0.4, -0.2) is 12.6 Å². The molecule has 0 aliphatic carbocycles. The number of hydrogen-bond acceptors (Lipinski definition) is 1. The van der Waals surface area contributed by atoms with Crippen molar-refractivity contribution in [3.8, 4) is 0 Å². The van der Waals surface area contributed by atoms with Crippen LogP contribution >= 0.6 is 0 Å². The van der Waals surface area contributed by atoms with Crippen LogP contribution in [0.15, 0.2) is 24.3 Å². The van der Waals surface area contributed by atoms with Crippen molar-refractivity contribution in [3.63, 3.8) is 0 Å². The normalized spacial score (nSPS) is 10.4. The molecule has 0 spiro atoms. The standard InChI is InChI=1S/C12H18N2O/c1-9(2)8-14(12(13)15)11-6-4-10(3)5-7-11/h4-7,9H,8H2,1-3H3,(H2,13,15)/p+1. The van der Waals surface area contributed by atoms with E-state index in [1.165, 1.54) is 5.56 Å². The molecule has 0 atom stereocenters. The van der Waals surface area contributed by atoms with Crippen LogP contribution in [-0.2, 0) is 0 Å². The molecule has 0 aromatic heterocycles. The van der Waals surface area contributed by atoms with Crippen molar-refractivity contribution in [3.05, 3.63) is 29.8 Å². The van der Waals surface area contributed by atoms with Crippen LogP contribution < -0.4 is 10.6 Å². The zero-order valence-corrected chi connectivity index (χ0v) is 9.53. The van der Waals surface area contributed by atoms with Crippen LogP contribution in [0.25, 0.3) is 0 Å². The van der Waals surface area contributed by atoms with Gasteiger partial charge in [0.15, 0.2) is 0 Å². The summed E-state index contributed by atoms with van der Waals surface area (Å²) in [5.74, 6) is 0.402. The van der Waals surface area contributed by atoms with Crippen LogP contribution in [0.1, 0.15) is 20.8 Å². The van der Waals surface area contributed by atoms with Crippen molar-refractivity contribution >= 4 is 11.7 Å². The molecule has 2 N–H and O–H groups in total. The lowest BCUT2D eigenvalue weighted by molar-refractivity contribution is 0.253. The molecule has 0 radical (unpaired) electrons. The van der Waals surface area contributed by atoms with Crippen molar-refractivity contribution in [1.29, 1.82) is 0 Å². The van der Waals surface area contributed by atoms with Crippen molar-refractivity contribution < 1.29 is 6.22 Å². The Bertz CT molecular complexity index is 335. The van der Waals surface area contributed by atoms with E-state index in [-0.39, 0.29) is 1.43 Å². The van der Waals surface area contributed by atoms with Crippen LogP contribution in [0.5, 0.6) is 0 Å². The number of rotatable bonds is 3. The molecular formula is C12H19N2O+. The van der Waals surface area contributed by atoms with E-state index < -0.39 is 6.03 Å². The first-order chi connectivity index (χ1) is 7.00. The Hall–Kier alpha value is -1.51. The quantitative estimate of drug-likeness (QED) is 0.813. The molecule has 0 heterocycles. The maximum atomic E-state index is 11.3. The Morgan fingerprint density at radius 2 is 1.93 bits per heavy atom. The molecule has 3 nitrogen and oxygen atoms in total. The fraction of sp³-hybridized carbons (Fsp3) is 0.417. The molecule has 82 valence electrons. The summed E-state index contributed by atoms with van der Waals surface area (Å²) in [6.45, 7) is 6.79. The predicted octanol–water partition coefficient (Wildman–Crippen LogP) is 2.65. The van der Waals surface area contributed by atoms with E-state index in [0.29, 0.717) is 12.5 Å². The smallest absolute Gasteiger partial charge is 0.351 e. The molecule has 2 amide bonds. The average Bonchev–Trinajstić information content (AvgIpc) is 2.15. The molecule has 3 heteroatoms. The number of carbonyl (C=O) groups is 1. The van der Waals surface area contributed by atoms with Gasteiger partial charge < -0.3 is 5.73 Å². The first-order valence-corrected chi connectivity index (χ1v) is 5.14. The van der Waals surface area contributed by atoms with E-state index in [4.69, 9.17) is 5.73 Å². The van der Waals surface area contributed by atoms with Gasteiger partial charge >= 0.3 is 7.46 Å². The van der Waals surface area contributed by atoms with E-state index in [1.54, 1.807) is 4.90 Å². The molecule has 0 fully saturated rings. The fourth-order valence-corrected chi connectivity index (χ4v) is 1.41. The topological polar surface area (TPSA) is 46.3 Å². The number of nitrogens with zero attached hydrogens (tertiary/aromatic N) is 1. The third-order valence-corrected chi connectivity index (χ3v) is 2.16. The molecule has 1 rings (SSSR count). The summed E-state index contributed by atoms with van der Waals surface area (Å²) in [6, 6.07) is 7.40. The molecule has 0 aliphatic heterocycles. The maximum Gasteiger partial charge on any atom is 1.00 e. The van der Waals surface area contributed by atoms with Gasteiger partial charge in [0.05, 0.1) is 0 Å². The third kappa shape index (κ3) is 3.27. The molecule has 0 bridgehead atoms. The summed E-state index contributed by atoms with van der Waals surface area (Å²) in [6.07, 6.45) is 0. The van der Waals surface area contributed by atoms with Gasteiger partial charge in [-0.1, -0.05) is 31.5 Å². The van der Waals surface area contributed by atoms with Gasteiger partial charge in [-0.05, 0) is 25.0 Å². The van der Waals surface area contributed by atoms with Crippen molar-refractivity contribution in [1.82, 2.24) is 0 Å². The molecule has 0 aliphatic rings. The number of benzene rings is 1. The monoisotopic (exact) mass is 207 g/mol. The first-order valence-electron chi connectivity index (χ1n) is 5.14. The van der Waals surface area contributed by atoms with Gasteiger partial charge in [-0.25, -0.2) is 4.79 Å². The average molecular weight is 207 g/mol. The van der Waals surface area contributed by atoms with Gasteiger partial charge in [-0.3, -0.25) is 4.90 Å². The first kappa shape index (κ1) is 11.6. The Morgan fingerprint density at radius 3 is 2.33 bits per heavy atom. The number of aryl methyl sites for hydroxylation is 1. The number of nitrogens with two attached hydrogens (primary N) is 1. The summed E-state index contributed by atoms with van der Waals surface area (Å²) in [5, 5.41) is 0. The highest BCUT2D eigenvalue weighted by Gasteiger charge is 2.13. The minimum atomic E-state index is -0.396. The third-order valence-electron chi connectivity index (χ3n) is 2.16. The van der Waals surface area contributed by atoms with Crippen molar-refractivity contribution in [2.24, 2.45) is 11.7 Å². The largest absolute Gasteiger partial charge is 1.00 e. The van der Waals surface area contributed by atoms with E-state index in [9.17, 15) is 4.79 Å². The van der Waals surface area contributed by atoms with Gasteiger partial charge in [-0.2, -0.15) is 0 Å². The second-order valence-corrected chi connectivity index (χ2v) is 4.18. The Labute approximate surface area is 92.4 Å². The Balaban J connectivity index is 0.00000225. The molecule has 1 aromatic rings. The summed E-state index contributed by atoms with van der Waals surface area (Å²) in [5.41, 5.74) is 7.38. The van der Waals surface area contributed by atoms with Gasteiger partial charge in [0, 0.05) is 12.2 Å². The molecule has 15 heavy (non-hydrogen) atoms. The highest BCUT2D eigenvalue weighted by molar-refractivity contribution is 5.90. The summed E-state index contributed by atoms with van der Waals surface area (Å²) in [4.78, 5) is 12.9. The number of urea groups is 1. The lowest BCUT2D eigenvalue weighted by Gasteiger charge is -2.22. The minimum absolute atomic E-state index is 0. The van der Waals surface area contributed by atoms with E-state index in [0.717, 1.165) is 5.69 Å². The molecular weight excluding hydrogens is 188 g/mol. The fourth-order valence-electron chi connectivity index (χ4n) is 1.41. The summed E-state index contributed by atoms with van der Waals surface area (Å²) in [7, 11) is 0. The summed E-state index contributed by atoms with van der Waals surface area (Å²) < 4.78 is 0. The molecule has 0 unspecified atom stereocenters. The maximum absolute atomic E-state index is 11.3.